The molecule has 0 aliphatic carbocycles. The third-order valence-corrected chi connectivity index (χ3v) is 19.4. The predicted octanol–water partition coefficient (Wildman–Crippen LogP) is 13.3. The Hall–Kier alpha value is -7.76. The maximum Gasteiger partial charge on any atom is 0.179 e. The quantitative estimate of drug-likeness (QED) is 0.112. The summed E-state index contributed by atoms with van der Waals surface area (Å²) in [4.78, 5) is 0. The number of rotatable bonds is 7. The first-order valence-corrected chi connectivity index (χ1v) is 24.8. The standard InChI is InChI=1S/C60H40N2SSi/c1-4-19-44(20-5-1)64(45-21-6-2-7-22-45,46-23-8-3-9-24-46)47-25-16-18-43(40-47)61-54-30-13-10-26-48(54)52-29-17-32-57(60(52)61)62-55-31-14-11-27-49(55)53-38-41(35-37-56(53)62)42-34-36-51-50-28-12-15-33-58(50)63-59(51)39-42/h1-40H. The minimum absolute atomic E-state index is 1.15. The molecule has 0 amide bonds. The number of thiophene rings is 1. The van der Waals surface area contributed by atoms with Crippen LogP contribution in [0.3, 0.4) is 0 Å². The van der Waals surface area contributed by atoms with Gasteiger partial charge in [0.25, 0.3) is 0 Å². The van der Waals surface area contributed by atoms with Gasteiger partial charge in [0.1, 0.15) is 0 Å². The van der Waals surface area contributed by atoms with Crippen molar-refractivity contribution in [1.82, 2.24) is 9.13 Å². The minimum Gasteiger partial charge on any atom is -0.307 e. The second kappa shape index (κ2) is 14.7. The van der Waals surface area contributed by atoms with E-state index in [1.807, 2.05) is 11.3 Å². The molecule has 0 spiro atoms. The summed E-state index contributed by atoms with van der Waals surface area (Å²) >= 11 is 1.87. The number of benzene rings is 10. The molecule has 13 rings (SSSR count). The van der Waals surface area contributed by atoms with Crippen LogP contribution < -0.4 is 20.7 Å². The molecule has 0 radical (unpaired) electrons. The van der Waals surface area contributed by atoms with Gasteiger partial charge in [-0.1, -0.05) is 188 Å². The number of fused-ring (bicyclic) bond motifs is 9. The van der Waals surface area contributed by atoms with E-state index in [2.05, 4.69) is 252 Å². The van der Waals surface area contributed by atoms with Crippen molar-refractivity contribution in [2.24, 2.45) is 0 Å². The molecule has 3 heterocycles. The van der Waals surface area contributed by atoms with Gasteiger partial charge in [0.05, 0.1) is 27.8 Å². The van der Waals surface area contributed by atoms with Gasteiger partial charge in [-0.05, 0) is 86.5 Å². The van der Waals surface area contributed by atoms with Gasteiger partial charge in [-0.2, -0.15) is 0 Å². The molecular formula is C60H40N2SSi. The van der Waals surface area contributed by atoms with Crippen molar-refractivity contribution in [3.05, 3.63) is 243 Å². The first-order chi connectivity index (χ1) is 31.8. The lowest BCUT2D eigenvalue weighted by molar-refractivity contribution is 1.13. The lowest BCUT2D eigenvalue weighted by Crippen LogP contribution is -2.74. The molecule has 10 aromatic carbocycles. The van der Waals surface area contributed by atoms with E-state index in [0.717, 1.165) is 11.4 Å². The fraction of sp³-hybridized carbons (Fsp3) is 0. The third kappa shape index (κ3) is 5.50. The Labute approximate surface area is 376 Å². The van der Waals surface area contributed by atoms with Crippen molar-refractivity contribution in [3.8, 4) is 22.5 Å². The van der Waals surface area contributed by atoms with Gasteiger partial charge in [0.15, 0.2) is 8.07 Å². The second-order valence-electron chi connectivity index (χ2n) is 16.8. The normalized spacial score (nSPS) is 12.1. The molecule has 2 nitrogen and oxygen atoms in total. The second-order valence-corrected chi connectivity index (χ2v) is 21.7. The first-order valence-electron chi connectivity index (χ1n) is 22.0. The Morgan fingerprint density at radius 3 is 1.50 bits per heavy atom. The highest BCUT2D eigenvalue weighted by Gasteiger charge is 2.41. The van der Waals surface area contributed by atoms with Crippen LogP contribution in [0, 0.1) is 0 Å². The van der Waals surface area contributed by atoms with Crippen LogP contribution in [0.25, 0.3) is 86.3 Å². The molecule has 64 heavy (non-hydrogen) atoms. The lowest BCUT2D eigenvalue weighted by Gasteiger charge is -2.34. The molecule has 0 atom stereocenters. The zero-order valence-electron chi connectivity index (χ0n) is 34.9. The van der Waals surface area contributed by atoms with Crippen LogP contribution in [0.5, 0.6) is 0 Å². The molecule has 300 valence electrons. The van der Waals surface area contributed by atoms with Crippen molar-refractivity contribution in [2.75, 3.05) is 0 Å². The van der Waals surface area contributed by atoms with Crippen LogP contribution in [0.1, 0.15) is 0 Å². The zero-order chi connectivity index (χ0) is 42.2. The Bertz CT molecular complexity index is 3800. The Morgan fingerprint density at radius 2 is 0.797 bits per heavy atom. The molecule has 0 bridgehead atoms. The summed E-state index contributed by atoms with van der Waals surface area (Å²) in [5.41, 5.74) is 9.52. The van der Waals surface area contributed by atoms with Gasteiger partial charge in [0.2, 0.25) is 0 Å². The van der Waals surface area contributed by atoms with Gasteiger partial charge in [-0.3, -0.25) is 0 Å². The average molecular weight is 849 g/mol. The molecule has 0 fully saturated rings. The Morgan fingerprint density at radius 1 is 0.297 bits per heavy atom. The van der Waals surface area contributed by atoms with Crippen molar-refractivity contribution in [3.63, 3.8) is 0 Å². The van der Waals surface area contributed by atoms with Crippen LogP contribution in [0.15, 0.2) is 243 Å². The monoisotopic (exact) mass is 848 g/mol. The minimum atomic E-state index is -2.79. The molecule has 0 saturated heterocycles. The lowest BCUT2D eigenvalue weighted by atomic mass is 10.0. The van der Waals surface area contributed by atoms with Crippen molar-refractivity contribution >= 4 is 104 Å². The fourth-order valence-corrected chi connectivity index (χ4v) is 16.6. The molecule has 0 N–H and O–H groups in total. The van der Waals surface area contributed by atoms with E-state index in [1.54, 1.807) is 0 Å². The number of hydrogen-bond acceptors (Lipinski definition) is 1. The first kappa shape index (κ1) is 36.9. The van der Waals surface area contributed by atoms with Crippen LogP contribution in [-0.2, 0) is 0 Å². The predicted molar refractivity (Wildman–Crippen MR) is 277 cm³/mol. The molecule has 0 aliphatic rings. The molecule has 0 unspecified atom stereocenters. The molecule has 0 saturated carbocycles. The van der Waals surface area contributed by atoms with Crippen molar-refractivity contribution in [2.45, 2.75) is 0 Å². The summed E-state index contributed by atoms with van der Waals surface area (Å²) in [6.07, 6.45) is 0. The molecule has 13 aromatic rings. The van der Waals surface area contributed by atoms with E-state index < -0.39 is 8.07 Å². The van der Waals surface area contributed by atoms with E-state index in [0.29, 0.717) is 0 Å². The summed E-state index contributed by atoms with van der Waals surface area (Å²) < 4.78 is 7.68. The Kier molecular flexibility index (Phi) is 8.45. The summed E-state index contributed by atoms with van der Waals surface area (Å²) in [5, 5.41) is 13.0. The van der Waals surface area contributed by atoms with Crippen LogP contribution in [-0.4, -0.2) is 17.2 Å². The highest BCUT2D eigenvalue weighted by Crippen LogP contribution is 2.42. The van der Waals surface area contributed by atoms with Gasteiger partial charge in [-0.15, -0.1) is 11.3 Å². The van der Waals surface area contributed by atoms with Gasteiger partial charge in [-0.25, -0.2) is 0 Å². The SMILES string of the molecule is c1ccc([Si](c2ccccc2)(c2ccccc2)c2cccc(-n3c4ccccc4c4cccc(-n5c6ccccc6c6cc(-c7ccc8c(c7)sc7ccccc78)ccc65)c43)c2)cc1. The molecule has 0 aliphatic heterocycles. The molecular weight excluding hydrogens is 809 g/mol. The third-order valence-electron chi connectivity index (χ3n) is 13.5. The summed E-state index contributed by atoms with van der Waals surface area (Å²) in [7, 11) is -2.79. The molecule has 3 aromatic heterocycles. The summed E-state index contributed by atoms with van der Waals surface area (Å²) in [6.45, 7) is 0. The number of aromatic nitrogens is 2. The highest BCUT2D eigenvalue weighted by molar-refractivity contribution is 7.25. The van der Waals surface area contributed by atoms with E-state index in [-0.39, 0.29) is 0 Å². The van der Waals surface area contributed by atoms with E-state index in [9.17, 15) is 0 Å². The maximum absolute atomic E-state index is 2.79. The molecule has 4 heteroatoms. The number of hydrogen-bond donors (Lipinski definition) is 0. The van der Waals surface area contributed by atoms with Crippen LogP contribution in [0.2, 0.25) is 0 Å². The summed E-state index contributed by atoms with van der Waals surface area (Å²) in [6, 6.07) is 90.5. The number of nitrogens with zero attached hydrogens (tertiary/aromatic N) is 2. The largest absolute Gasteiger partial charge is 0.307 e. The van der Waals surface area contributed by atoms with E-state index in [4.69, 9.17) is 0 Å². The Balaban J connectivity index is 1.06. The van der Waals surface area contributed by atoms with Gasteiger partial charge in [0, 0.05) is 47.4 Å². The van der Waals surface area contributed by atoms with E-state index in [1.165, 1.54) is 95.7 Å². The maximum atomic E-state index is 2.53. The summed E-state index contributed by atoms with van der Waals surface area (Å²) in [5.74, 6) is 0. The van der Waals surface area contributed by atoms with Gasteiger partial charge < -0.3 is 9.13 Å². The number of para-hydroxylation sites is 3. The smallest absolute Gasteiger partial charge is 0.179 e. The van der Waals surface area contributed by atoms with Crippen LogP contribution in [0.4, 0.5) is 0 Å². The van der Waals surface area contributed by atoms with Crippen molar-refractivity contribution < 1.29 is 0 Å². The van der Waals surface area contributed by atoms with E-state index >= 15 is 0 Å². The van der Waals surface area contributed by atoms with Gasteiger partial charge >= 0.3 is 0 Å². The topological polar surface area (TPSA) is 9.86 Å². The fourth-order valence-electron chi connectivity index (χ4n) is 10.7. The van der Waals surface area contributed by atoms with Crippen LogP contribution >= 0.6 is 11.3 Å². The van der Waals surface area contributed by atoms with Crippen molar-refractivity contribution in [1.29, 1.82) is 0 Å². The highest BCUT2D eigenvalue weighted by atomic mass is 32.1. The average Bonchev–Trinajstić information content (AvgIpc) is 4.03. The zero-order valence-corrected chi connectivity index (χ0v) is 36.7.